The number of hydrogen-bond acceptors (Lipinski definition) is 6. The summed E-state index contributed by atoms with van der Waals surface area (Å²) >= 11 is 1.51. The Morgan fingerprint density at radius 3 is 2.70 bits per heavy atom. The summed E-state index contributed by atoms with van der Waals surface area (Å²) in [5.41, 5.74) is 1.37. The normalized spacial score (nSPS) is 16.2. The molecule has 1 aliphatic heterocycles. The third-order valence-electron chi connectivity index (χ3n) is 4.54. The van der Waals surface area contributed by atoms with E-state index in [1.807, 2.05) is 6.92 Å². The molecule has 9 heteroatoms. The molecule has 2 N–H and O–H groups in total. The summed E-state index contributed by atoms with van der Waals surface area (Å²) in [4.78, 5) is 36.4. The molecule has 1 heterocycles. The summed E-state index contributed by atoms with van der Waals surface area (Å²) in [7, 11) is -3.72. The molecule has 0 aromatic heterocycles. The first-order chi connectivity index (χ1) is 14.1. The van der Waals surface area contributed by atoms with Crippen LogP contribution < -0.4 is 10.6 Å². The van der Waals surface area contributed by atoms with Gasteiger partial charge in [-0.2, -0.15) is 0 Å². The van der Waals surface area contributed by atoms with Gasteiger partial charge in [0.05, 0.1) is 16.3 Å². The summed E-state index contributed by atoms with van der Waals surface area (Å²) in [6.07, 6.45) is 0.119. The van der Waals surface area contributed by atoms with Crippen LogP contribution in [0.2, 0.25) is 0 Å². The van der Waals surface area contributed by atoms with Gasteiger partial charge in [-0.05, 0) is 37.3 Å². The number of fused-ring (bicyclic) bond motifs is 1. The van der Waals surface area contributed by atoms with Crippen LogP contribution >= 0.6 is 11.8 Å². The number of thioether (sulfide) groups is 1. The molecule has 0 spiro atoms. The summed E-state index contributed by atoms with van der Waals surface area (Å²) < 4.78 is 25.4. The molecule has 1 atom stereocenters. The molecule has 0 saturated carbocycles. The first kappa shape index (κ1) is 22.0. The molecule has 0 aliphatic carbocycles. The molecule has 2 aromatic carbocycles. The van der Waals surface area contributed by atoms with Crippen LogP contribution in [0.25, 0.3) is 0 Å². The van der Waals surface area contributed by atoms with Crippen molar-refractivity contribution in [3.8, 4) is 0 Å². The van der Waals surface area contributed by atoms with Gasteiger partial charge in [-0.25, -0.2) is 8.42 Å². The minimum atomic E-state index is -3.72. The van der Waals surface area contributed by atoms with E-state index in [9.17, 15) is 22.8 Å². The number of rotatable bonds is 6. The Hall–Kier alpha value is -2.65. The van der Waals surface area contributed by atoms with Crippen LogP contribution in [-0.4, -0.2) is 37.0 Å². The molecule has 0 bridgehead atoms. The first-order valence-corrected chi connectivity index (χ1v) is 11.9. The topological polar surface area (TPSA) is 109 Å². The Morgan fingerprint density at radius 1 is 1.20 bits per heavy atom. The van der Waals surface area contributed by atoms with Crippen molar-refractivity contribution in [2.24, 2.45) is 0 Å². The van der Waals surface area contributed by atoms with E-state index >= 15 is 0 Å². The fourth-order valence-corrected chi connectivity index (χ4v) is 5.32. The summed E-state index contributed by atoms with van der Waals surface area (Å²) in [6, 6.07) is 11.1. The van der Waals surface area contributed by atoms with Crippen molar-refractivity contribution in [3.05, 3.63) is 48.0 Å². The number of hydrogen-bond donors (Lipinski definition) is 2. The number of Topliss-reactive ketones (excluding diaryl/α,β-unsaturated/α-hetero) is 1. The average Bonchev–Trinajstić information content (AvgIpc) is 2.82. The molecule has 0 unspecified atom stereocenters. The fraction of sp³-hybridized carbons (Fsp3) is 0.286. The van der Waals surface area contributed by atoms with Gasteiger partial charge in [0.25, 0.3) is 0 Å². The van der Waals surface area contributed by atoms with Crippen LogP contribution in [0, 0.1) is 0 Å². The number of amides is 2. The van der Waals surface area contributed by atoms with E-state index in [1.165, 1.54) is 30.8 Å². The maximum atomic E-state index is 12.7. The van der Waals surface area contributed by atoms with E-state index in [2.05, 4.69) is 10.6 Å². The highest BCUT2D eigenvalue weighted by atomic mass is 32.2. The molecule has 7 nitrogen and oxygen atoms in total. The number of anilines is 2. The van der Waals surface area contributed by atoms with Crippen LogP contribution in [-0.2, 0) is 19.4 Å². The van der Waals surface area contributed by atoms with Crippen molar-refractivity contribution in [1.29, 1.82) is 0 Å². The number of sulfone groups is 1. The van der Waals surface area contributed by atoms with Gasteiger partial charge < -0.3 is 10.6 Å². The maximum absolute atomic E-state index is 12.7. The Morgan fingerprint density at radius 2 is 1.97 bits per heavy atom. The van der Waals surface area contributed by atoms with Gasteiger partial charge in [0.2, 0.25) is 11.8 Å². The standard InChI is InChI=1S/C21H22N2O5S2/c1-13-10-21(26)23-18-12-17(6-7-19(18)29-13)30(27,28)9-8-20(25)22-16-5-3-4-15(11-16)14(2)24/h3-7,11-13H,8-10H2,1-2H3,(H,22,25)(H,23,26)/t13-/m0/s1. The van der Waals surface area contributed by atoms with Gasteiger partial charge in [0.1, 0.15) is 0 Å². The molecule has 0 fully saturated rings. The third kappa shape index (κ3) is 5.48. The van der Waals surface area contributed by atoms with E-state index in [0.29, 0.717) is 23.4 Å². The van der Waals surface area contributed by atoms with E-state index < -0.39 is 15.7 Å². The smallest absolute Gasteiger partial charge is 0.225 e. The quantitative estimate of drug-likeness (QED) is 0.657. The molecule has 2 aromatic rings. The summed E-state index contributed by atoms with van der Waals surface area (Å²) in [6.45, 7) is 3.37. The fourth-order valence-electron chi connectivity index (χ4n) is 3.01. The molecule has 158 valence electrons. The summed E-state index contributed by atoms with van der Waals surface area (Å²) in [5, 5.41) is 5.46. The van der Waals surface area contributed by atoms with E-state index in [1.54, 1.807) is 30.3 Å². The lowest BCUT2D eigenvalue weighted by molar-refractivity contribution is -0.116. The Bertz CT molecular complexity index is 1110. The lowest BCUT2D eigenvalue weighted by Crippen LogP contribution is -2.18. The van der Waals surface area contributed by atoms with E-state index in [4.69, 9.17) is 0 Å². The molecule has 30 heavy (non-hydrogen) atoms. The zero-order chi connectivity index (χ0) is 21.9. The number of ketones is 1. The molecule has 1 aliphatic rings. The van der Waals surface area contributed by atoms with Crippen LogP contribution in [0.15, 0.2) is 52.3 Å². The van der Waals surface area contributed by atoms with Gasteiger partial charge in [-0.15, -0.1) is 11.8 Å². The van der Waals surface area contributed by atoms with Gasteiger partial charge in [-0.1, -0.05) is 19.1 Å². The van der Waals surface area contributed by atoms with Crippen LogP contribution in [0.3, 0.4) is 0 Å². The van der Waals surface area contributed by atoms with Gasteiger partial charge in [0.15, 0.2) is 15.6 Å². The first-order valence-electron chi connectivity index (χ1n) is 9.38. The second kappa shape index (κ2) is 9.01. The number of nitrogens with one attached hydrogen (secondary N) is 2. The predicted octanol–water partition coefficient (Wildman–Crippen LogP) is 3.51. The lowest BCUT2D eigenvalue weighted by atomic mass is 10.1. The highest BCUT2D eigenvalue weighted by Crippen LogP contribution is 2.36. The van der Waals surface area contributed by atoms with Crippen molar-refractivity contribution in [3.63, 3.8) is 0 Å². The highest BCUT2D eigenvalue weighted by molar-refractivity contribution is 8.00. The largest absolute Gasteiger partial charge is 0.326 e. The second-order valence-electron chi connectivity index (χ2n) is 7.09. The summed E-state index contributed by atoms with van der Waals surface area (Å²) in [5.74, 6) is -1.12. The van der Waals surface area contributed by atoms with E-state index in [0.717, 1.165) is 4.90 Å². The molecule has 0 radical (unpaired) electrons. The van der Waals surface area contributed by atoms with Crippen molar-refractivity contribution in [1.82, 2.24) is 0 Å². The van der Waals surface area contributed by atoms with Crippen molar-refractivity contribution in [2.75, 3.05) is 16.4 Å². The second-order valence-corrected chi connectivity index (χ2v) is 10.7. The maximum Gasteiger partial charge on any atom is 0.225 e. The molecule has 3 rings (SSSR count). The van der Waals surface area contributed by atoms with Crippen LogP contribution in [0.1, 0.15) is 37.0 Å². The Balaban J connectivity index is 1.68. The van der Waals surface area contributed by atoms with Crippen LogP contribution in [0.5, 0.6) is 0 Å². The van der Waals surface area contributed by atoms with Gasteiger partial charge >= 0.3 is 0 Å². The Kier molecular flexibility index (Phi) is 6.62. The SMILES string of the molecule is CC(=O)c1cccc(NC(=O)CCS(=O)(=O)c2ccc3c(c2)NC(=O)C[C@H](C)S3)c1. The van der Waals surface area contributed by atoms with Crippen molar-refractivity contribution >= 4 is 50.6 Å². The number of benzene rings is 2. The Labute approximate surface area is 179 Å². The molecular formula is C21H22N2O5S2. The monoisotopic (exact) mass is 446 g/mol. The van der Waals surface area contributed by atoms with Crippen molar-refractivity contribution in [2.45, 2.75) is 41.7 Å². The third-order valence-corrected chi connectivity index (χ3v) is 7.43. The molecular weight excluding hydrogens is 424 g/mol. The van der Waals surface area contributed by atoms with E-state index in [-0.39, 0.29) is 34.0 Å². The van der Waals surface area contributed by atoms with Gasteiger partial charge in [0, 0.05) is 34.2 Å². The minimum absolute atomic E-state index is 0.0584. The highest BCUT2D eigenvalue weighted by Gasteiger charge is 2.23. The number of carbonyl (C=O) groups excluding carboxylic acids is 3. The van der Waals surface area contributed by atoms with Gasteiger partial charge in [-0.3, -0.25) is 14.4 Å². The van der Waals surface area contributed by atoms with Crippen molar-refractivity contribution < 1.29 is 22.8 Å². The zero-order valence-corrected chi connectivity index (χ0v) is 18.2. The zero-order valence-electron chi connectivity index (χ0n) is 16.6. The lowest BCUT2D eigenvalue weighted by Gasteiger charge is -2.11. The number of carbonyl (C=O) groups is 3. The predicted molar refractivity (Wildman–Crippen MR) is 117 cm³/mol. The minimum Gasteiger partial charge on any atom is -0.326 e. The average molecular weight is 447 g/mol. The molecule has 2 amide bonds. The van der Waals surface area contributed by atoms with Crippen LogP contribution in [0.4, 0.5) is 11.4 Å². The molecule has 0 saturated heterocycles.